The number of Topliss-reactive ketones (excluding diaryl/α,β-unsaturated/α-hetero) is 1. The van der Waals surface area contributed by atoms with Crippen molar-refractivity contribution in [3.8, 4) is 0 Å². The van der Waals surface area contributed by atoms with E-state index in [0.717, 1.165) is 30.4 Å². The van der Waals surface area contributed by atoms with Gasteiger partial charge in [0.25, 0.3) is 5.79 Å². The van der Waals surface area contributed by atoms with E-state index in [1.165, 1.54) is 0 Å². The molecule has 1 aliphatic carbocycles. The van der Waals surface area contributed by atoms with Gasteiger partial charge in [-0.2, -0.15) is 0 Å². The van der Waals surface area contributed by atoms with Gasteiger partial charge in [0.2, 0.25) is 5.78 Å². The molecule has 0 radical (unpaired) electrons. The Labute approximate surface area is 103 Å². The van der Waals surface area contributed by atoms with E-state index in [1.807, 2.05) is 0 Å². The van der Waals surface area contributed by atoms with Crippen molar-refractivity contribution in [3.05, 3.63) is 11.1 Å². The largest absolute Gasteiger partial charge is 0.337 e. The molecule has 3 nitrogen and oxygen atoms in total. The third kappa shape index (κ3) is 1.85. The molecule has 3 heteroatoms. The number of rotatable bonds is 3. The van der Waals surface area contributed by atoms with Gasteiger partial charge in [0.15, 0.2) is 0 Å². The lowest BCUT2D eigenvalue weighted by Gasteiger charge is -2.44. The van der Waals surface area contributed by atoms with Crippen molar-refractivity contribution < 1.29 is 14.3 Å². The molecule has 0 aromatic heterocycles. The number of hydrogen-bond acceptors (Lipinski definition) is 3. The van der Waals surface area contributed by atoms with E-state index in [9.17, 15) is 4.79 Å². The number of ketones is 1. The first-order valence-corrected chi connectivity index (χ1v) is 6.50. The lowest BCUT2D eigenvalue weighted by atomic mass is 9.67. The van der Waals surface area contributed by atoms with Gasteiger partial charge in [-0.15, -0.1) is 0 Å². The van der Waals surface area contributed by atoms with Crippen LogP contribution in [0.1, 0.15) is 47.0 Å². The van der Waals surface area contributed by atoms with Crippen LogP contribution in [0.4, 0.5) is 0 Å². The maximum Gasteiger partial charge on any atom is 0.257 e. The van der Waals surface area contributed by atoms with E-state index in [2.05, 4.69) is 27.7 Å². The Kier molecular flexibility index (Phi) is 3.17. The zero-order chi connectivity index (χ0) is 12.7. The topological polar surface area (TPSA) is 35.5 Å². The molecule has 0 aromatic rings. The van der Waals surface area contributed by atoms with Crippen molar-refractivity contribution in [2.24, 2.45) is 5.41 Å². The van der Waals surface area contributed by atoms with Crippen LogP contribution in [0.15, 0.2) is 11.1 Å². The predicted octanol–water partition coefficient (Wildman–Crippen LogP) is 2.85. The predicted molar refractivity (Wildman–Crippen MR) is 65.6 cm³/mol. The smallest absolute Gasteiger partial charge is 0.257 e. The van der Waals surface area contributed by atoms with Gasteiger partial charge in [-0.1, -0.05) is 34.1 Å². The summed E-state index contributed by atoms with van der Waals surface area (Å²) in [6, 6.07) is 0. The maximum atomic E-state index is 12.3. The first-order chi connectivity index (χ1) is 7.93. The Morgan fingerprint density at radius 2 is 1.82 bits per heavy atom. The Morgan fingerprint density at radius 3 is 2.29 bits per heavy atom. The second kappa shape index (κ2) is 4.21. The Morgan fingerprint density at radius 1 is 1.24 bits per heavy atom. The quantitative estimate of drug-likeness (QED) is 0.758. The highest BCUT2D eigenvalue weighted by Crippen LogP contribution is 2.50. The normalized spacial score (nSPS) is 23.4. The molecular weight excluding hydrogens is 216 g/mol. The minimum absolute atomic E-state index is 0.0496. The fourth-order valence-corrected chi connectivity index (χ4v) is 2.69. The van der Waals surface area contributed by atoms with Crippen LogP contribution in [0.2, 0.25) is 0 Å². The van der Waals surface area contributed by atoms with Crippen LogP contribution in [-0.2, 0) is 14.3 Å². The van der Waals surface area contributed by atoms with Gasteiger partial charge >= 0.3 is 0 Å². The SMILES string of the molecule is CCCCC1=C(C(C)(C)C)C(=O)C12OCCO2. The van der Waals surface area contributed by atoms with Crippen molar-refractivity contribution >= 4 is 5.78 Å². The average Bonchev–Trinajstić information content (AvgIpc) is 2.72. The fourth-order valence-electron chi connectivity index (χ4n) is 2.69. The summed E-state index contributed by atoms with van der Waals surface area (Å²) in [5.74, 6) is -0.939. The Bertz CT molecular complexity index is 354. The van der Waals surface area contributed by atoms with Crippen molar-refractivity contribution in [1.29, 1.82) is 0 Å². The minimum Gasteiger partial charge on any atom is -0.337 e. The average molecular weight is 238 g/mol. The second-order valence-electron chi connectivity index (χ2n) is 5.85. The van der Waals surface area contributed by atoms with Crippen molar-refractivity contribution in [2.75, 3.05) is 13.2 Å². The van der Waals surface area contributed by atoms with E-state index < -0.39 is 5.79 Å². The van der Waals surface area contributed by atoms with E-state index in [0.29, 0.717) is 13.2 Å². The molecular formula is C14H22O3. The van der Waals surface area contributed by atoms with Crippen LogP contribution in [0.5, 0.6) is 0 Å². The molecule has 96 valence electrons. The molecule has 1 saturated heterocycles. The summed E-state index contributed by atoms with van der Waals surface area (Å²) in [5.41, 5.74) is 1.91. The zero-order valence-corrected chi connectivity index (χ0v) is 11.3. The molecule has 1 spiro atoms. The number of carbonyl (C=O) groups is 1. The van der Waals surface area contributed by atoms with Crippen LogP contribution in [0.25, 0.3) is 0 Å². The molecule has 17 heavy (non-hydrogen) atoms. The standard InChI is InChI=1S/C14H22O3/c1-5-6-7-10-11(13(2,3)4)12(15)14(10)16-8-9-17-14/h5-9H2,1-4H3. The third-order valence-electron chi connectivity index (χ3n) is 3.45. The third-order valence-corrected chi connectivity index (χ3v) is 3.45. The van der Waals surface area contributed by atoms with Crippen LogP contribution < -0.4 is 0 Å². The number of hydrogen-bond donors (Lipinski definition) is 0. The number of unbranched alkanes of at least 4 members (excludes halogenated alkanes) is 1. The van der Waals surface area contributed by atoms with E-state index >= 15 is 0 Å². The van der Waals surface area contributed by atoms with Gasteiger partial charge in [-0.25, -0.2) is 0 Å². The summed E-state index contributed by atoms with van der Waals surface area (Å²) in [6.45, 7) is 9.44. The molecule has 0 bridgehead atoms. The second-order valence-corrected chi connectivity index (χ2v) is 5.85. The number of ether oxygens (including phenoxy) is 2. The summed E-state index contributed by atoms with van der Waals surface area (Å²) in [7, 11) is 0. The molecule has 2 rings (SSSR count). The first-order valence-electron chi connectivity index (χ1n) is 6.50. The van der Waals surface area contributed by atoms with Gasteiger partial charge in [0, 0.05) is 11.1 Å². The van der Waals surface area contributed by atoms with Crippen LogP contribution >= 0.6 is 0 Å². The molecule has 1 fully saturated rings. The summed E-state index contributed by atoms with van der Waals surface area (Å²) < 4.78 is 11.2. The first kappa shape index (κ1) is 12.8. The van der Waals surface area contributed by atoms with Crippen LogP contribution in [0, 0.1) is 5.41 Å². The Hall–Kier alpha value is -0.670. The Balaban J connectivity index is 2.33. The van der Waals surface area contributed by atoms with Crippen molar-refractivity contribution in [2.45, 2.75) is 52.7 Å². The highest BCUT2D eigenvalue weighted by atomic mass is 16.7. The van der Waals surface area contributed by atoms with E-state index in [4.69, 9.17) is 9.47 Å². The summed E-state index contributed by atoms with van der Waals surface area (Å²) in [4.78, 5) is 12.3. The monoisotopic (exact) mass is 238 g/mol. The van der Waals surface area contributed by atoms with Crippen molar-refractivity contribution in [1.82, 2.24) is 0 Å². The molecule has 1 aliphatic heterocycles. The number of carbonyl (C=O) groups excluding carboxylic acids is 1. The molecule has 2 aliphatic rings. The molecule has 0 amide bonds. The van der Waals surface area contributed by atoms with Gasteiger partial charge in [-0.3, -0.25) is 4.79 Å². The lowest BCUT2D eigenvalue weighted by Crippen LogP contribution is -2.54. The highest BCUT2D eigenvalue weighted by Gasteiger charge is 2.60. The molecule has 1 heterocycles. The summed E-state index contributed by atoms with van der Waals surface area (Å²) >= 11 is 0. The van der Waals surface area contributed by atoms with Crippen LogP contribution in [0.3, 0.4) is 0 Å². The fraction of sp³-hybridized carbons (Fsp3) is 0.786. The van der Waals surface area contributed by atoms with Crippen molar-refractivity contribution in [3.63, 3.8) is 0 Å². The minimum atomic E-state index is -0.988. The van der Waals surface area contributed by atoms with E-state index in [1.54, 1.807) is 0 Å². The molecule has 0 saturated carbocycles. The summed E-state index contributed by atoms with van der Waals surface area (Å²) in [6.07, 6.45) is 3.11. The molecule has 0 unspecified atom stereocenters. The maximum absolute atomic E-state index is 12.3. The zero-order valence-electron chi connectivity index (χ0n) is 11.3. The van der Waals surface area contributed by atoms with E-state index in [-0.39, 0.29) is 11.2 Å². The van der Waals surface area contributed by atoms with Gasteiger partial charge in [-0.05, 0) is 18.3 Å². The highest BCUT2D eigenvalue weighted by molar-refractivity contribution is 6.12. The molecule has 0 aromatic carbocycles. The molecule has 0 N–H and O–H groups in total. The van der Waals surface area contributed by atoms with Crippen LogP contribution in [-0.4, -0.2) is 24.8 Å². The van der Waals surface area contributed by atoms with Gasteiger partial charge < -0.3 is 9.47 Å². The lowest BCUT2D eigenvalue weighted by molar-refractivity contribution is -0.174. The van der Waals surface area contributed by atoms with Gasteiger partial charge in [0.1, 0.15) is 0 Å². The summed E-state index contributed by atoms with van der Waals surface area (Å²) in [5, 5.41) is 0. The van der Waals surface area contributed by atoms with Gasteiger partial charge in [0.05, 0.1) is 13.2 Å². The molecule has 0 atom stereocenters.